The molecule has 2 aromatic rings. The minimum atomic E-state index is -1.14. The van der Waals surface area contributed by atoms with Crippen LogP contribution in [0.25, 0.3) is 5.52 Å². The number of nitrogens with zero attached hydrogens (tertiary/aromatic N) is 4. The Bertz CT molecular complexity index is 1070. The summed E-state index contributed by atoms with van der Waals surface area (Å²) < 4.78 is 12.8. The number of aliphatic carboxylic acids is 2. The number of esters is 1. The predicted molar refractivity (Wildman–Crippen MR) is 130 cm³/mol. The number of fused-ring (bicyclic) bond motifs is 1. The van der Waals surface area contributed by atoms with Crippen LogP contribution in [-0.2, 0) is 29.5 Å². The summed E-state index contributed by atoms with van der Waals surface area (Å²) in [6.45, 7) is 10.2. The lowest BCUT2D eigenvalue weighted by Gasteiger charge is -2.21. The lowest BCUT2D eigenvalue weighted by atomic mass is 9.98. The number of hydrogen-bond donors (Lipinski definition) is 3. The molecule has 12 heteroatoms. The van der Waals surface area contributed by atoms with Gasteiger partial charge in [-0.2, -0.15) is 10.4 Å². The number of aromatic nitrogens is 3. The average molecular weight is 506 g/mol. The summed E-state index contributed by atoms with van der Waals surface area (Å²) in [5.41, 5.74) is 5.93. The lowest BCUT2D eigenvalue weighted by Crippen LogP contribution is -2.29. The van der Waals surface area contributed by atoms with Gasteiger partial charge < -0.3 is 25.4 Å². The third kappa shape index (κ3) is 8.20. The van der Waals surface area contributed by atoms with Crippen molar-refractivity contribution in [1.82, 2.24) is 14.6 Å². The van der Waals surface area contributed by atoms with Crippen LogP contribution in [-0.4, -0.2) is 55.4 Å². The second kappa shape index (κ2) is 13.4. The number of carbonyl (C=O) groups excluding carboxylic acids is 1. The first-order valence-electron chi connectivity index (χ1n) is 11.6. The van der Waals surface area contributed by atoms with Crippen LogP contribution in [0, 0.1) is 29.1 Å². The van der Waals surface area contributed by atoms with Crippen LogP contribution in [0.2, 0.25) is 0 Å². The van der Waals surface area contributed by atoms with E-state index in [4.69, 9.17) is 25.4 Å². The van der Waals surface area contributed by atoms with Crippen LogP contribution >= 0.6 is 0 Å². The summed E-state index contributed by atoms with van der Waals surface area (Å²) in [5, 5.41) is 29.9. The molecule has 1 fully saturated rings. The van der Waals surface area contributed by atoms with Gasteiger partial charge in [0.05, 0.1) is 29.6 Å². The smallest absolute Gasteiger partial charge is 0.308 e. The Morgan fingerprint density at radius 2 is 1.72 bits per heavy atom. The molecule has 3 heterocycles. The Balaban J connectivity index is 0.000000450. The molecule has 0 spiro atoms. The van der Waals surface area contributed by atoms with Crippen LogP contribution in [0.1, 0.15) is 60.1 Å². The lowest BCUT2D eigenvalue weighted by molar-refractivity contribution is -0.152. The van der Waals surface area contributed by atoms with Gasteiger partial charge in [-0.3, -0.25) is 14.4 Å². The minimum absolute atomic E-state index is 0.140. The van der Waals surface area contributed by atoms with Crippen LogP contribution in [0.5, 0.6) is 0 Å². The summed E-state index contributed by atoms with van der Waals surface area (Å²) in [7, 11) is 0. The molecule has 12 nitrogen and oxygen atoms in total. The fraction of sp³-hybridized carbons (Fsp3) is 0.583. The summed E-state index contributed by atoms with van der Waals surface area (Å²) in [4.78, 5) is 34.9. The summed E-state index contributed by atoms with van der Waals surface area (Å²) in [5.74, 6) is -2.08. The molecule has 198 valence electrons. The maximum atomic E-state index is 11.6. The van der Waals surface area contributed by atoms with Crippen LogP contribution < -0.4 is 5.73 Å². The number of nitriles is 1. The number of carboxylic acids is 2. The molecule has 2 atom stereocenters. The van der Waals surface area contributed by atoms with Gasteiger partial charge in [0.25, 0.3) is 0 Å². The second-order valence-corrected chi connectivity index (χ2v) is 9.15. The number of ether oxygens (including phenoxy) is 2. The highest BCUT2D eigenvalue weighted by Crippen LogP contribution is 2.39. The van der Waals surface area contributed by atoms with Crippen molar-refractivity contribution < 1.29 is 34.1 Å². The Kier molecular flexibility index (Phi) is 11.3. The van der Waals surface area contributed by atoms with Crippen molar-refractivity contribution in [3.05, 3.63) is 24.2 Å². The molecule has 36 heavy (non-hydrogen) atoms. The van der Waals surface area contributed by atoms with Crippen molar-refractivity contribution in [3.63, 3.8) is 0 Å². The molecule has 3 rings (SSSR count). The molecule has 1 saturated heterocycles. The van der Waals surface area contributed by atoms with E-state index in [1.54, 1.807) is 58.2 Å². The van der Waals surface area contributed by atoms with Gasteiger partial charge in [-0.15, -0.1) is 0 Å². The Morgan fingerprint density at radius 1 is 1.17 bits per heavy atom. The molecule has 0 saturated carbocycles. The van der Waals surface area contributed by atoms with E-state index in [0.717, 1.165) is 0 Å². The Labute approximate surface area is 210 Å². The molecule has 0 bridgehead atoms. The second-order valence-electron chi connectivity index (χ2n) is 9.15. The fourth-order valence-corrected chi connectivity index (χ4v) is 2.81. The van der Waals surface area contributed by atoms with Crippen LogP contribution in [0.15, 0.2) is 18.5 Å². The molecule has 0 aromatic carbocycles. The third-order valence-electron chi connectivity index (χ3n) is 5.13. The van der Waals surface area contributed by atoms with Gasteiger partial charge in [0.15, 0.2) is 11.4 Å². The monoisotopic (exact) mass is 505 g/mol. The highest BCUT2D eigenvalue weighted by molar-refractivity contribution is 5.71. The number of hydrogen-bond acceptors (Lipinski definition) is 9. The van der Waals surface area contributed by atoms with Crippen molar-refractivity contribution in [2.75, 3.05) is 12.3 Å². The molecular weight excluding hydrogens is 470 g/mol. The minimum Gasteiger partial charge on any atom is -0.481 e. The molecule has 0 amide bonds. The quantitative estimate of drug-likeness (QED) is 0.489. The third-order valence-corrected chi connectivity index (χ3v) is 5.13. The molecule has 0 radical (unpaired) electrons. The van der Waals surface area contributed by atoms with E-state index in [1.807, 2.05) is 0 Å². The standard InChI is InChI=1S/C16H19N5O3.2C4H8O2/c1-10(2)15(22)23-7-11-5-6-16(8-17,24-11)13-4-3-12-14(18)19-9-20-21(12)13;2*1-3(2)4(5)6/h3-4,9-11H,5-7H2,1-2H3,(H2,18,19,20);2*3H,1-2H3,(H,5,6). The van der Waals surface area contributed by atoms with Crippen LogP contribution in [0.4, 0.5) is 5.82 Å². The first-order chi connectivity index (χ1) is 16.8. The number of anilines is 1. The summed E-state index contributed by atoms with van der Waals surface area (Å²) >= 11 is 0. The predicted octanol–water partition coefficient (Wildman–Crippen LogP) is 2.86. The number of rotatable bonds is 6. The van der Waals surface area contributed by atoms with E-state index in [-0.39, 0.29) is 36.4 Å². The maximum Gasteiger partial charge on any atom is 0.308 e. The molecule has 0 aliphatic carbocycles. The van der Waals surface area contributed by atoms with Crippen LogP contribution in [0.3, 0.4) is 0 Å². The van der Waals surface area contributed by atoms with Gasteiger partial charge in [-0.05, 0) is 25.0 Å². The van der Waals surface area contributed by atoms with Crippen molar-refractivity contribution in [1.29, 1.82) is 5.26 Å². The molecular formula is C24H35N5O7. The van der Waals surface area contributed by atoms with E-state index < -0.39 is 17.5 Å². The van der Waals surface area contributed by atoms with E-state index in [2.05, 4.69) is 16.2 Å². The summed E-state index contributed by atoms with van der Waals surface area (Å²) in [6.07, 6.45) is 2.13. The zero-order valence-electron chi connectivity index (χ0n) is 21.5. The van der Waals surface area contributed by atoms with Crippen molar-refractivity contribution in [2.45, 2.75) is 66.1 Å². The van der Waals surface area contributed by atoms with Gasteiger partial charge in [0, 0.05) is 0 Å². The van der Waals surface area contributed by atoms with Gasteiger partial charge >= 0.3 is 17.9 Å². The van der Waals surface area contributed by atoms with Gasteiger partial charge in [0.1, 0.15) is 24.5 Å². The first kappa shape index (κ1) is 30.3. The van der Waals surface area contributed by atoms with Crippen molar-refractivity contribution >= 4 is 29.2 Å². The number of carbonyl (C=O) groups is 3. The number of nitrogens with two attached hydrogens (primary N) is 1. The Hall–Kier alpha value is -3.72. The average Bonchev–Trinajstić information content (AvgIpc) is 3.44. The largest absolute Gasteiger partial charge is 0.481 e. The fourth-order valence-electron chi connectivity index (χ4n) is 2.81. The highest BCUT2D eigenvalue weighted by atomic mass is 16.6. The van der Waals surface area contributed by atoms with E-state index in [0.29, 0.717) is 29.9 Å². The molecule has 2 aromatic heterocycles. The summed E-state index contributed by atoms with van der Waals surface area (Å²) in [6, 6.07) is 5.78. The van der Waals surface area contributed by atoms with Gasteiger partial charge in [-0.1, -0.05) is 41.5 Å². The van der Waals surface area contributed by atoms with E-state index in [1.165, 1.54) is 6.33 Å². The SMILES string of the molecule is CC(C)C(=O)O.CC(C)C(=O)O.CC(C)C(=O)OCC1CCC(C#N)(c2ccc3c(N)ncnn23)O1. The van der Waals surface area contributed by atoms with Crippen molar-refractivity contribution in [2.24, 2.45) is 17.8 Å². The zero-order valence-corrected chi connectivity index (χ0v) is 21.5. The number of carboxylic acid groups (broad SMARTS) is 2. The molecule has 1 aliphatic heterocycles. The molecule has 1 aliphatic rings. The first-order valence-corrected chi connectivity index (χ1v) is 11.6. The van der Waals surface area contributed by atoms with Crippen molar-refractivity contribution in [3.8, 4) is 6.07 Å². The maximum absolute atomic E-state index is 11.6. The normalized spacial score (nSPS) is 18.7. The Morgan fingerprint density at radius 3 is 2.19 bits per heavy atom. The zero-order chi connectivity index (χ0) is 27.6. The van der Waals surface area contributed by atoms with E-state index >= 15 is 0 Å². The molecule has 4 N–H and O–H groups in total. The van der Waals surface area contributed by atoms with E-state index in [9.17, 15) is 19.6 Å². The van der Waals surface area contributed by atoms with Gasteiger partial charge in [0.2, 0.25) is 0 Å². The number of nitrogen functional groups attached to an aromatic ring is 1. The van der Waals surface area contributed by atoms with Gasteiger partial charge in [-0.25, -0.2) is 9.50 Å². The highest BCUT2D eigenvalue weighted by Gasteiger charge is 2.45. The molecule has 2 unspecified atom stereocenters. The topological polar surface area (TPSA) is 190 Å².